The van der Waals surface area contributed by atoms with Crippen LogP contribution < -0.4 is 0 Å². The Bertz CT molecular complexity index is 1290. The Balaban J connectivity index is 1.80. The molecule has 0 aromatic heterocycles. The van der Waals surface area contributed by atoms with E-state index in [-0.39, 0.29) is 29.1 Å². The van der Waals surface area contributed by atoms with E-state index < -0.39 is 52.1 Å². The number of nitro benzene ring substituents is 1. The maximum atomic E-state index is 13.8. The summed E-state index contributed by atoms with van der Waals surface area (Å²) in [6.45, 7) is 1.85. The van der Waals surface area contributed by atoms with E-state index in [2.05, 4.69) is 0 Å². The minimum atomic E-state index is -1.37. The SMILES string of the molecule is CC1=CC[C@@H]2C(=O)N(N(C(=O)c3ccc([N+](=O)[O-])cc3)[C@H](CCCl)C(=O)c3ccc(F)cc3)C(=O)[C@@H]2C1. The molecule has 1 heterocycles. The summed E-state index contributed by atoms with van der Waals surface area (Å²) in [5, 5.41) is 12.6. The lowest BCUT2D eigenvalue weighted by Gasteiger charge is -2.36. The number of nitro groups is 1. The number of rotatable bonds is 8. The molecule has 11 heteroatoms. The molecule has 4 rings (SSSR count). The predicted molar refractivity (Wildman–Crippen MR) is 131 cm³/mol. The zero-order valence-electron chi connectivity index (χ0n) is 19.8. The standard InChI is InChI=1S/C26H23ClFN3O6/c1-15-2-11-20-21(14-15)26(35)30(25(20)34)29(24(33)17-5-9-19(10-6-17)31(36)37)22(12-13-27)23(32)16-3-7-18(28)8-4-16/h2-10,20-22H,11-14H2,1H3/t20-,21+,22+/m0/s1. The van der Waals surface area contributed by atoms with E-state index >= 15 is 0 Å². The Kier molecular flexibility index (Phi) is 7.49. The van der Waals surface area contributed by atoms with Crippen molar-refractivity contribution in [1.82, 2.24) is 10.0 Å². The lowest BCUT2D eigenvalue weighted by Crippen LogP contribution is -2.57. The number of imide groups is 1. The molecule has 1 aliphatic carbocycles. The minimum Gasteiger partial charge on any atom is -0.292 e. The van der Waals surface area contributed by atoms with Gasteiger partial charge in [0.2, 0.25) is 0 Å². The number of alkyl halides is 1. The number of hydrogen-bond donors (Lipinski definition) is 0. The zero-order valence-corrected chi connectivity index (χ0v) is 20.6. The molecule has 3 amide bonds. The van der Waals surface area contributed by atoms with Crippen molar-refractivity contribution in [3.8, 4) is 0 Å². The zero-order chi connectivity index (χ0) is 26.9. The summed E-state index contributed by atoms with van der Waals surface area (Å²) < 4.78 is 13.5. The van der Waals surface area contributed by atoms with E-state index in [4.69, 9.17) is 11.6 Å². The van der Waals surface area contributed by atoms with E-state index in [1.165, 1.54) is 24.3 Å². The van der Waals surface area contributed by atoms with Crippen LogP contribution in [0.4, 0.5) is 10.1 Å². The highest BCUT2D eigenvalue weighted by Crippen LogP contribution is 2.39. The minimum absolute atomic E-state index is 0.0621. The first-order valence-electron chi connectivity index (χ1n) is 11.6. The topological polar surface area (TPSA) is 118 Å². The number of ketones is 1. The van der Waals surface area contributed by atoms with Gasteiger partial charge in [-0.2, -0.15) is 5.01 Å². The third kappa shape index (κ3) is 5.01. The molecule has 0 radical (unpaired) electrons. The molecule has 1 aliphatic heterocycles. The molecule has 2 aromatic rings. The van der Waals surface area contributed by atoms with Gasteiger partial charge in [-0.05, 0) is 62.6 Å². The Morgan fingerprint density at radius 1 is 1.08 bits per heavy atom. The Morgan fingerprint density at radius 2 is 1.68 bits per heavy atom. The number of carbonyl (C=O) groups is 4. The third-order valence-corrected chi connectivity index (χ3v) is 6.88. The van der Waals surface area contributed by atoms with Gasteiger partial charge in [0.15, 0.2) is 5.78 Å². The van der Waals surface area contributed by atoms with Crippen molar-refractivity contribution in [1.29, 1.82) is 0 Å². The molecule has 2 aromatic carbocycles. The molecule has 1 fully saturated rings. The number of amides is 3. The highest BCUT2D eigenvalue weighted by Gasteiger charge is 2.53. The first-order chi connectivity index (χ1) is 17.6. The van der Waals surface area contributed by atoms with E-state index in [1.54, 1.807) is 0 Å². The fourth-order valence-corrected chi connectivity index (χ4v) is 4.94. The van der Waals surface area contributed by atoms with E-state index in [1.807, 2.05) is 13.0 Å². The summed E-state index contributed by atoms with van der Waals surface area (Å²) >= 11 is 6.00. The third-order valence-electron chi connectivity index (χ3n) is 6.66. The second-order valence-electron chi connectivity index (χ2n) is 9.01. The van der Waals surface area contributed by atoms with Gasteiger partial charge in [0.1, 0.15) is 11.9 Å². The van der Waals surface area contributed by atoms with Crippen molar-refractivity contribution >= 4 is 40.8 Å². The fraction of sp³-hybridized carbons (Fsp3) is 0.308. The van der Waals surface area contributed by atoms with Gasteiger partial charge in [0, 0.05) is 29.1 Å². The maximum Gasteiger partial charge on any atom is 0.273 e. The molecule has 0 N–H and O–H groups in total. The summed E-state index contributed by atoms with van der Waals surface area (Å²) in [4.78, 5) is 64.9. The van der Waals surface area contributed by atoms with E-state index in [9.17, 15) is 33.7 Å². The maximum absolute atomic E-state index is 13.8. The molecular formula is C26H23ClFN3O6. The van der Waals surface area contributed by atoms with Gasteiger partial charge in [0.25, 0.3) is 23.4 Å². The van der Waals surface area contributed by atoms with Gasteiger partial charge in [0.05, 0.1) is 16.8 Å². The molecule has 1 saturated heterocycles. The molecule has 0 saturated carbocycles. The van der Waals surface area contributed by atoms with Crippen LogP contribution in [0.3, 0.4) is 0 Å². The molecule has 0 spiro atoms. The predicted octanol–water partition coefficient (Wildman–Crippen LogP) is 4.31. The average Bonchev–Trinajstić information content (AvgIpc) is 3.12. The number of halogens is 2. The molecular weight excluding hydrogens is 505 g/mol. The largest absolute Gasteiger partial charge is 0.292 e. The molecule has 192 valence electrons. The van der Waals surface area contributed by atoms with Crippen LogP contribution in [0.5, 0.6) is 0 Å². The molecule has 37 heavy (non-hydrogen) atoms. The number of allylic oxidation sites excluding steroid dienone is 2. The number of Topliss-reactive ketones (excluding diaryl/α,β-unsaturated/α-hetero) is 1. The molecule has 0 bridgehead atoms. The van der Waals surface area contributed by atoms with Crippen molar-refractivity contribution in [3.05, 3.63) is 87.2 Å². The van der Waals surface area contributed by atoms with Crippen molar-refractivity contribution in [2.75, 3.05) is 5.88 Å². The summed E-state index contributed by atoms with van der Waals surface area (Å²) in [6, 6.07) is 7.91. The Labute approximate surface area is 216 Å². The monoisotopic (exact) mass is 527 g/mol. The van der Waals surface area contributed by atoms with Gasteiger partial charge in [-0.25, -0.2) is 9.40 Å². The lowest BCUT2D eigenvalue weighted by atomic mass is 9.82. The van der Waals surface area contributed by atoms with Gasteiger partial charge in [-0.3, -0.25) is 29.3 Å². The first kappa shape index (κ1) is 26.2. The van der Waals surface area contributed by atoms with Crippen LogP contribution in [0.25, 0.3) is 0 Å². The molecule has 2 aliphatic rings. The second-order valence-corrected chi connectivity index (χ2v) is 9.39. The van der Waals surface area contributed by atoms with Crippen LogP contribution in [0.1, 0.15) is 46.9 Å². The Morgan fingerprint density at radius 3 is 2.27 bits per heavy atom. The number of non-ortho nitro benzene ring substituents is 1. The number of benzene rings is 2. The van der Waals surface area contributed by atoms with Gasteiger partial charge in [-0.1, -0.05) is 11.6 Å². The van der Waals surface area contributed by atoms with E-state index in [0.717, 1.165) is 39.9 Å². The molecule has 0 unspecified atom stereocenters. The van der Waals surface area contributed by atoms with Crippen LogP contribution >= 0.6 is 11.6 Å². The first-order valence-corrected chi connectivity index (χ1v) is 12.1. The fourth-order valence-electron chi connectivity index (χ4n) is 4.74. The van der Waals surface area contributed by atoms with Crippen molar-refractivity contribution in [2.24, 2.45) is 11.8 Å². The number of carbonyl (C=O) groups excluding carboxylic acids is 4. The van der Waals surface area contributed by atoms with Crippen LogP contribution in [0, 0.1) is 27.8 Å². The number of hydrazine groups is 1. The smallest absolute Gasteiger partial charge is 0.273 e. The van der Waals surface area contributed by atoms with Crippen molar-refractivity contribution in [2.45, 2.75) is 32.2 Å². The lowest BCUT2D eigenvalue weighted by molar-refractivity contribution is -0.384. The van der Waals surface area contributed by atoms with Crippen molar-refractivity contribution < 1.29 is 28.5 Å². The molecule has 9 nitrogen and oxygen atoms in total. The second kappa shape index (κ2) is 10.6. The quantitative estimate of drug-likeness (QED) is 0.126. The average molecular weight is 528 g/mol. The van der Waals surface area contributed by atoms with Gasteiger partial charge >= 0.3 is 0 Å². The van der Waals surface area contributed by atoms with Crippen LogP contribution in [-0.4, -0.2) is 50.4 Å². The van der Waals surface area contributed by atoms with E-state index in [0.29, 0.717) is 12.8 Å². The van der Waals surface area contributed by atoms with Crippen molar-refractivity contribution in [3.63, 3.8) is 0 Å². The number of nitrogens with zero attached hydrogens (tertiary/aromatic N) is 3. The summed E-state index contributed by atoms with van der Waals surface area (Å²) in [5.41, 5.74) is 0.676. The van der Waals surface area contributed by atoms with Crippen LogP contribution in [0.2, 0.25) is 0 Å². The Hall–Kier alpha value is -3.92. The number of fused-ring (bicyclic) bond motifs is 1. The molecule has 3 atom stereocenters. The van der Waals surface area contributed by atoms with Gasteiger partial charge in [-0.15, -0.1) is 11.6 Å². The summed E-state index contributed by atoms with van der Waals surface area (Å²) in [6.07, 6.45) is 2.43. The summed E-state index contributed by atoms with van der Waals surface area (Å²) in [5.74, 6) is -4.74. The highest BCUT2D eigenvalue weighted by molar-refractivity contribution is 6.18. The normalized spacial score (nSPS) is 19.8. The van der Waals surface area contributed by atoms with Crippen LogP contribution in [-0.2, 0) is 9.59 Å². The van der Waals surface area contributed by atoms with Crippen LogP contribution in [0.15, 0.2) is 60.2 Å². The number of hydrogen-bond acceptors (Lipinski definition) is 6. The highest BCUT2D eigenvalue weighted by atomic mass is 35.5. The summed E-state index contributed by atoms with van der Waals surface area (Å²) in [7, 11) is 0. The van der Waals surface area contributed by atoms with Gasteiger partial charge < -0.3 is 0 Å².